The predicted molar refractivity (Wildman–Crippen MR) is 77.0 cm³/mol. The largest absolute Gasteiger partial charge is 0.359 e. The Morgan fingerprint density at radius 3 is 1.79 bits per heavy atom. The van der Waals surface area contributed by atoms with E-state index in [4.69, 9.17) is 4.74 Å². The molecule has 0 saturated carbocycles. The molecule has 1 aliphatic heterocycles. The van der Waals surface area contributed by atoms with Gasteiger partial charge >= 0.3 is 0 Å². The Kier molecular flexibility index (Phi) is 3.62. The summed E-state index contributed by atoms with van der Waals surface area (Å²) in [7, 11) is 0. The van der Waals surface area contributed by atoms with E-state index in [1.165, 1.54) is 11.1 Å². The van der Waals surface area contributed by atoms with Crippen molar-refractivity contribution in [1.29, 1.82) is 0 Å². The molecule has 19 heavy (non-hydrogen) atoms. The highest BCUT2D eigenvalue weighted by atomic mass is 16.5. The topological polar surface area (TPSA) is 21.3 Å². The van der Waals surface area contributed by atoms with Crippen molar-refractivity contribution in [3.8, 4) is 0 Å². The highest BCUT2D eigenvalue weighted by molar-refractivity contribution is 5.21. The van der Waals surface area contributed by atoms with E-state index in [0.29, 0.717) is 0 Å². The Morgan fingerprint density at radius 2 is 1.37 bits per heavy atom. The van der Waals surface area contributed by atoms with Gasteiger partial charge in [0.1, 0.15) is 5.72 Å². The van der Waals surface area contributed by atoms with Crippen molar-refractivity contribution in [3.05, 3.63) is 71.8 Å². The molecule has 2 nitrogen and oxygen atoms in total. The molecule has 2 heteroatoms. The molecule has 1 fully saturated rings. The smallest absolute Gasteiger partial charge is 0.127 e. The number of ether oxygens (including phenoxy) is 1. The monoisotopic (exact) mass is 253 g/mol. The lowest BCUT2D eigenvalue weighted by Gasteiger charge is -2.29. The fraction of sp³-hybridized carbons (Fsp3) is 0.294. The normalized spacial score (nSPS) is 17.5. The lowest BCUT2D eigenvalue weighted by atomic mass is 9.95. The molecule has 1 saturated heterocycles. The van der Waals surface area contributed by atoms with Crippen LogP contribution in [0.15, 0.2) is 60.7 Å². The summed E-state index contributed by atoms with van der Waals surface area (Å²) in [6.45, 7) is 1.72. The summed E-state index contributed by atoms with van der Waals surface area (Å²) in [5.74, 6) is 0. The molecule has 0 radical (unpaired) electrons. The molecule has 98 valence electrons. The third-order valence-corrected chi connectivity index (χ3v) is 3.59. The molecule has 0 amide bonds. The SMILES string of the molecule is c1ccc(CC2(Cc3ccccc3)NCCO2)cc1. The summed E-state index contributed by atoms with van der Waals surface area (Å²) in [5, 5.41) is 3.54. The average molecular weight is 253 g/mol. The molecule has 1 heterocycles. The van der Waals surface area contributed by atoms with Gasteiger partial charge < -0.3 is 4.74 Å². The number of nitrogens with one attached hydrogen (secondary N) is 1. The molecular formula is C17H19NO. The van der Waals surface area contributed by atoms with Crippen LogP contribution >= 0.6 is 0 Å². The van der Waals surface area contributed by atoms with Gasteiger partial charge in [0.15, 0.2) is 0 Å². The standard InChI is InChI=1S/C17H19NO/c1-3-7-15(8-4-1)13-17(18-11-12-19-17)14-16-9-5-2-6-10-16/h1-10,18H,11-14H2. The Morgan fingerprint density at radius 1 is 0.842 bits per heavy atom. The second kappa shape index (κ2) is 5.55. The molecular weight excluding hydrogens is 234 g/mol. The van der Waals surface area contributed by atoms with Crippen molar-refractivity contribution in [2.45, 2.75) is 18.6 Å². The van der Waals surface area contributed by atoms with Crippen LogP contribution in [0.1, 0.15) is 11.1 Å². The van der Waals surface area contributed by atoms with Crippen molar-refractivity contribution in [1.82, 2.24) is 5.32 Å². The van der Waals surface area contributed by atoms with Crippen molar-refractivity contribution in [2.75, 3.05) is 13.2 Å². The zero-order chi connectivity index (χ0) is 13.0. The Hall–Kier alpha value is -1.64. The first-order valence-corrected chi connectivity index (χ1v) is 6.83. The zero-order valence-electron chi connectivity index (χ0n) is 11.0. The Labute approximate surface area is 114 Å². The van der Waals surface area contributed by atoms with Gasteiger partial charge in [-0.05, 0) is 11.1 Å². The number of hydrogen-bond acceptors (Lipinski definition) is 2. The molecule has 2 aromatic rings. The lowest BCUT2D eigenvalue weighted by molar-refractivity contribution is -0.00922. The molecule has 1 aliphatic rings. The molecule has 0 aliphatic carbocycles. The molecule has 0 bridgehead atoms. The van der Waals surface area contributed by atoms with Crippen LogP contribution in [0.5, 0.6) is 0 Å². The fourth-order valence-electron chi connectivity index (χ4n) is 2.72. The Balaban J connectivity index is 1.79. The van der Waals surface area contributed by atoms with Crippen LogP contribution in [-0.2, 0) is 17.6 Å². The maximum Gasteiger partial charge on any atom is 0.127 e. The van der Waals surface area contributed by atoms with Crippen molar-refractivity contribution in [2.24, 2.45) is 0 Å². The van der Waals surface area contributed by atoms with Crippen LogP contribution in [-0.4, -0.2) is 18.9 Å². The maximum absolute atomic E-state index is 6.04. The molecule has 0 atom stereocenters. The van der Waals surface area contributed by atoms with Gasteiger partial charge in [-0.15, -0.1) is 0 Å². The van der Waals surface area contributed by atoms with Crippen LogP contribution in [0.3, 0.4) is 0 Å². The second-order valence-electron chi connectivity index (χ2n) is 5.09. The van der Waals surface area contributed by atoms with Gasteiger partial charge in [-0.25, -0.2) is 0 Å². The van der Waals surface area contributed by atoms with E-state index in [1.807, 2.05) is 0 Å². The summed E-state index contributed by atoms with van der Waals surface area (Å²) >= 11 is 0. The van der Waals surface area contributed by atoms with Gasteiger partial charge in [-0.2, -0.15) is 0 Å². The summed E-state index contributed by atoms with van der Waals surface area (Å²) < 4.78 is 6.04. The number of hydrogen-bond donors (Lipinski definition) is 1. The quantitative estimate of drug-likeness (QED) is 0.904. The van der Waals surface area contributed by atoms with Gasteiger partial charge in [0.05, 0.1) is 6.61 Å². The third-order valence-electron chi connectivity index (χ3n) is 3.59. The number of rotatable bonds is 4. The zero-order valence-corrected chi connectivity index (χ0v) is 11.0. The van der Waals surface area contributed by atoms with E-state index in [-0.39, 0.29) is 5.72 Å². The summed E-state index contributed by atoms with van der Waals surface area (Å²) in [6.07, 6.45) is 1.81. The van der Waals surface area contributed by atoms with Crippen LogP contribution in [0.25, 0.3) is 0 Å². The van der Waals surface area contributed by atoms with E-state index < -0.39 is 0 Å². The minimum Gasteiger partial charge on any atom is -0.359 e. The minimum absolute atomic E-state index is 0.247. The highest BCUT2D eigenvalue weighted by Crippen LogP contribution is 2.23. The summed E-state index contributed by atoms with van der Waals surface area (Å²) in [4.78, 5) is 0. The lowest BCUT2D eigenvalue weighted by Crippen LogP contribution is -2.45. The Bertz CT molecular complexity index is 460. The van der Waals surface area contributed by atoms with E-state index in [2.05, 4.69) is 66.0 Å². The highest BCUT2D eigenvalue weighted by Gasteiger charge is 2.34. The van der Waals surface area contributed by atoms with Gasteiger partial charge in [0.2, 0.25) is 0 Å². The summed E-state index contributed by atoms with van der Waals surface area (Å²) in [6, 6.07) is 21.1. The third kappa shape index (κ3) is 3.03. The van der Waals surface area contributed by atoms with Crippen LogP contribution in [0, 0.1) is 0 Å². The van der Waals surface area contributed by atoms with Gasteiger partial charge in [-0.1, -0.05) is 60.7 Å². The van der Waals surface area contributed by atoms with Crippen molar-refractivity contribution in [3.63, 3.8) is 0 Å². The van der Waals surface area contributed by atoms with E-state index in [0.717, 1.165) is 26.0 Å². The minimum atomic E-state index is -0.247. The van der Waals surface area contributed by atoms with Crippen LogP contribution < -0.4 is 5.32 Å². The molecule has 1 N–H and O–H groups in total. The van der Waals surface area contributed by atoms with Crippen LogP contribution in [0.2, 0.25) is 0 Å². The molecule has 0 unspecified atom stereocenters. The van der Waals surface area contributed by atoms with Crippen molar-refractivity contribution < 1.29 is 4.74 Å². The number of benzene rings is 2. The first-order valence-electron chi connectivity index (χ1n) is 6.83. The van der Waals surface area contributed by atoms with E-state index >= 15 is 0 Å². The predicted octanol–water partition coefficient (Wildman–Crippen LogP) is 2.79. The summed E-state index contributed by atoms with van der Waals surface area (Å²) in [5.41, 5.74) is 2.38. The van der Waals surface area contributed by atoms with Gasteiger partial charge in [0.25, 0.3) is 0 Å². The first kappa shape index (κ1) is 12.4. The van der Waals surface area contributed by atoms with Crippen molar-refractivity contribution >= 4 is 0 Å². The first-order chi connectivity index (χ1) is 9.36. The van der Waals surface area contributed by atoms with Gasteiger partial charge in [0, 0.05) is 19.4 Å². The fourth-order valence-corrected chi connectivity index (χ4v) is 2.72. The average Bonchev–Trinajstić information content (AvgIpc) is 2.89. The van der Waals surface area contributed by atoms with Gasteiger partial charge in [-0.3, -0.25) is 5.32 Å². The van der Waals surface area contributed by atoms with E-state index in [9.17, 15) is 0 Å². The molecule has 2 aromatic carbocycles. The molecule has 0 spiro atoms. The molecule has 3 rings (SSSR count). The van der Waals surface area contributed by atoms with Crippen LogP contribution in [0.4, 0.5) is 0 Å². The maximum atomic E-state index is 6.04. The second-order valence-corrected chi connectivity index (χ2v) is 5.09. The van der Waals surface area contributed by atoms with E-state index in [1.54, 1.807) is 0 Å². The molecule has 0 aromatic heterocycles.